The molecular weight excluding hydrogens is 210 g/mol. The summed E-state index contributed by atoms with van der Waals surface area (Å²) in [5, 5.41) is 3.36. The minimum absolute atomic E-state index is 0.380. The van der Waals surface area contributed by atoms with Gasteiger partial charge in [0, 0.05) is 48.3 Å². The van der Waals surface area contributed by atoms with Crippen LogP contribution >= 0.6 is 0 Å². The van der Waals surface area contributed by atoms with E-state index in [1.54, 1.807) is 12.5 Å². The second kappa shape index (κ2) is 6.02. The van der Waals surface area contributed by atoms with Crippen LogP contribution in [0.2, 0.25) is 0 Å². The van der Waals surface area contributed by atoms with E-state index in [-0.39, 0.29) is 0 Å². The number of imidazole rings is 1. The molecular formula is C10H19N3OS. The number of nitrogens with one attached hydrogen (secondary N) is 1. The zero-order valence-electron chi connectivity index (χ0n) is 9.56. The van der Waals surface area contributed by atoms with Crippen molar-refractivity contribution in [2.45, 2.75) is 25.9 Å². The van der Waals surface area contributed by atoms with Gasteiger partial charge in [-0.2, -0.15) is 0 Å². The number of nitrogens with zero attached hydrogens (tertiary/aromatic N) is 2. The van der Waals surface area contributed by atoms with Crippen molar-refractivity contribution in [1.82, 2.24) is 14.9 Å². The Labute approximate surface area is 93.5 Å². The van der Waals surface area contributed by atoms with Gasteiger partial charge in [-0.1, -0.05) is 0 Å². The Morgan fingerprint density at radius 1 is 1.67 bits per heavy atom. The SMILES string of the molecule is CC(CCS(C)=O)NCc1nccn1C. The molecule has 1 N–H and O–H groups in total. The van der Waals surface area contributed by atoms with Crippen molar-refractivity contribution in [3.05, 3.63) is 18.2 Å². The fourth-order valence-electron chi connectivity index (χ4n) is 1.28. The summed E-state index contributed by atoms with van der Waals surface area (Å²) in [5.41, 5.74) is 0. The van der Waals surface area contributed by atoms with Crippen LogP contribution in [0.3, 0.4) is 0 Å². The van der Waals surface area contributed by atoms with Crippen molar-refractivity contribution in [3.63, 3.8) is 0 Å². The Hall–Kier alpha value is -0.680. The van der Waals surface area contributed by atoms with Gasteiger partial charge in [-0.3, -0.25) is 4.21 Å². The lowest BCUT2D eigenvalue weighted by Crippen LogP contribution is -2.28. The Balaban J connectivity index is 2.25. The summed E-state index contributed by atoms with van der Waals surface area (Å²) in [7, 11) is 1.29. The van der Waals surface area contributed by atoms with Crippen LogP contribution in [-0.4, -0.2) is 31.8 Å². The molecule has 1 rings (SSSR count). The van der Waals surface area contributed by atoms with E-state index < -0.39 is 10.8 Å². The summed E-state index contributed by atoms with van der Waals surface area (Å²) >= 11 is 0. The van der Waals surface area contributed by atoms with Crippen LogP contribution in [0, 0.1) is 0 Å². The fraction of sp³-hybridized carbons (Fsp3) is 0.700. The van der Waals surface area contributed by atoms with E-state index in [0.29, 0.717) is 6.04 Å². The Morgan fingerprint density at radius 2 is 2.40 bits per heavy atom. The molecule has 2 unspecified atom stereocenters. The quantitative estimate of drug-likeness (QED) is 0.780. The zero-order chi connectivity index (χ0) is 11.3. The van der Waals surface area contributed by atoms with Crippen LogP contribution in [0.25, 0.3) is 0 Å². The minimum Gasteiger partial charge on any atom is -0.337 e. The molecule has 0 saturated carbocycles. The van der Waals surface area contributed by atoms with Crippen LogP contribution in [0.1, 0.15) is 19.2 Å². The fourth-order valence-corrected chi connectivity index (χ4v) is 1.96. The molecule has 1 aromatic rings. The number of hydrogen-bond donors (Lipinski definition) is 1. The third-order valence-electron chi connectivity index (χ3n) is 2.37. The van der Waals surface area contributed by atoms with Gasteiger partial charge < -0.3 is 9.88 Å². The first-order valence-electron chi connectivity index (χ1n) is 5.09. The van der Waals surface area contributed by atoms with Gasteiger partial charge in [-0.15, -0.1) is 0 Å². The molecule has 0 amide bonds. The summed E-state index contributed by atoms with van der Waals surface area (Å²) in [6.45, 7) is 2.87. The zero-order valence-corrected chi connectivity index (χ0v) is 10.4. The third kappa shape index (κ3) is 4.57. The highest BCUT2D eigenvalue weighted by molar-refractivity contribution is 7.84. The first-order chi connectivity index (χ1) is 7.09. The van der Waals surface area contributed by atoms with Crippen molar-refractivity contribution < 1.29 is 4.21 Å². The second-order valence-corrected chi connectivity index (χ2v) is 5.36. The van der Waals surface area contributed by atoms with E-state index in [1.807, 2.05) is 17.8 Å². The van der Waals surface area contributed by atoms with Crippen molar-refractivity contribution >= 4 is 10.8 Å². The highest BCUT2D eigenvalue weighted by Gasteiger charge is 2.04. The Morgan fingerprint density at radius 3 is 2.93 bits per heavy atom. The highest BCUT2D eigenvalue weighted by Crippen LogP contribution is 1.97. The van der Waals surface area contributed by atoms with Crippen molar-refractivity contribution in [1.29, 1.82) is 0 Å². The van der Waals surface area contributed by atoms with E-state index in [4.69, 9.17) is 0 Å². The molecule has 0 fully saturated rings. The summed E-state index contributed by atoms with van der Waals surface area (Å²) in [4.78, 5) is 4.22. The molecule has 0 bridgehead atoms. The molecule has 0 saturated heterocycles. The highest BCUT2D eigenvalue weighted by atomic mass is 32.2. The third-order valence-corrected chi connectivity index (χ3v) is 3.18. The van der Waals surface area contributed by atoms with Crippen molar-refractivity contribution in [3.8, 4) is 0 Å². The summed E-state index contributed by atoms with van der Waals surface area (Å²) < 4.78 is 12.9. The molecule has 0 aromatic carbocycles. The second-order valence-electron chi connectivity index (χ2n) is 3.80. The lowest BCUT2D eigenvalue weighted by atomic mass is 10.2. The summed E-state index contributed by atoms with van der Waals surface area (Å²) in [6.07, 6.45) is 6.41. The lowest BCUT2D eigenvalue weighted by Gasteiger charge is -2.12. The molecule has 0 spiro atoms. The first-order valence-corrected chi connectivity index (χ1v) is 6.82. The molecule has 86 valence electrons. The maximum absolute atomic E-state index is 10.9. The van der Waals surface area contributed by atoms with Crippen LogP contribution in [0.5, 0.6) is 0 Å². The van der Waals surface area contributed by atoms with Crippen LogP contribution < -0.4 is 5.32 Å². The van der Waals surface area contributed by atoms with Crippen LogP contribution in [0.4, 0.5) is 0 Å². The number of rotatable bonds is 6. The van der Waals surface area contributed by atoms with E-state index in [1.165, 1.54) is 0 Å². The molecule has 0 aliphatic heterocycles. The smallest absolute Gasteiger partial charge is 0.122 e. The molecule has 2 atom stereocenters. The van der Waals surface area contributed by atoms with Gasteiger partial charge in [0.15, 0.2) is 0 Å². The Kier molecular flexibility index (Phi) is 4.98. The molecule has 0 radical (unpaired) electrons. The van der Waals surface area contributed by atoms with Gasteiger partial charge in [0.1, 0.15) is 5.82 Å². The van der Waals surface area contributed by atoms with Crippen molar-refractivity contribution in [2.24, 2.45) is 7.05 Å². The number of hydrogen-bond acceptors (Lipinski definition) is 3. The molecule has 0 aliphatic carbocycles. The molecule has 5 heteroatoms. The van der Waals surface area contributed by atoms with E-state index in [9.17, 15) is 4.21 Å². The average molecular weight is 229 g/mol. The number of aromatic nitrogens is 2. The van der Waals surface area contributed by atoms with Gasteiger partial charge >= 0.3 is 0 Å². The standard InChI is InChI=1S/C10H19N3OS/c1-9(4-7-15(3)14)12-8-10-11-5-6-13(10)2/h5-6,9,12H,4,7-8H2,1-3H3. The lowest BCUT2D eigenvalue weighted by molar-refractivity contribution is 0.517. The summed E-state index contributed by atoms with van der Waals surface area (Å²) in [5.74, 6) is 1.79. The van der Waals surface area contributed by atoms with Gasteiger partial charge in [0.05, 0.1) is 6.54 Å². The number of aryl methyl sites for hydroxylation is 1. The average Bonchev–Trinajstić information content (AvgIpc) is 2.58. The molecule has 15 heavy (non-hydrogen) atoms. The van der Waals surface area contributed by atoms with Crippen LogP contribution in [0.15, 0.2) is 12.4 Å². The van der Waals surface area contributed by atoms with Gasteiger partial charge in [0.2, 0.25) is 0 Å². The molecule has 0 aliphatic rings. The molecule has 1 aromatic heterocycles. The first kappa shape index (κ1) is 12.4. The Bertz CT molecular complexity index is 324. The van der Waals surface area contributed by atoms with E-state index in [2.05, 4.69) is 17.2 Å². The topological polar surface area (TPSA) is 46.9 Å². The predicted octanol–water partition coefficient (Wildman–Crippen LogP) is 0.667. The van der Waals surface area contributed by atoms with Crippen molar-refractivity contribution in [2.75, 3.05) is 12.0 Å². The van der Waals surface area contributed by atoms with Gasteiger partial charge in [0.25, 0.3) is 0 Å². The summed E-state index contributed by atoms with van der Waals surface area (Å²) in [6, 6.07) is 0.380. The van der Waals surface area contributed by atoms with E-state index in [0.717, 1.165) is 24.5 Å². The minimum atomic E-state index is -0.692. The normalized spacial score (nSPS) is 15.1. The predicted molar refractivity (Wildman–Crippen MR) is 63.1 cm³/mol. The van der Waals surface area contributed by atoms with Gasteiger partial charge in [-0.25, -0.2) is 4.98 Å². The van der Waals surface area contributed by atoms with E-state index >= 15 is 0 Å². The van der Waals surface area contributed by atoms with Gasteiger partial charge in [-0.05, 0) is 13.3 Å². The molecule has 4 nitrogen and oxygen atoms in total. The van der Waals surface area contributed by atoms with Crippen LogP contribution in [-0.2, 0) is 24.4 Å². The maximum Gasteiger partial charge on any atom is 0.122 e. The largest absolute Gasteiger partial charge is 0.337 e. The maximum atomic E-state index is 10.9. The monoisotopic (exact) mass is 229 g/mol. The molecule has 1 heterocycles.